The second-order valence-electron chi connectivity index (χ2n) is 17.0. The van der Waals surface area contributed by atoms with Crippen LogP contribution in [0.4, 0.5) is 0 Å². The maximum Gasteiger partial charge on any atom is 0.311 e. The molecule has 4 N–H and O–H groups in total. The molecule has 0 bridgehead atoms. The van der Waals surface area contributed by atoms with E-state index in [-0.39, 0.29) is 37.2 Å². The number of carbonyl (C=O) groups excluding carboxylic acids is 2. The minimum Gasteiger partial charge on any atom is -0.459 e. The van der Waals surface area contributed by atoms with Gasteiger partial charge in [0.05, 0.1) is 47.6 Å². The number of carbonyl (C=O) groups is 2. The lowest BCUT2D eigenvalue weighted by Gasteiger charge is -2.50. The van der Waals surface area contributed by atoms with Crippen LogP contribution in [-0.2, 0) is 42.7 Å². The fraction of sp³-hybridized carbons (Fsp3) is 0.949. The predicted molar refractivity (Wildman–Crippen MR) is 196 cm³/mol. The number of ether oxygens (including phenoxy) is 7. The molecule has 0 amide bonds. The van der Waals surface area contributed by atoms with Crippen LogP contribution >= 0.6 is 0 Å². The van der Waals surface area contributed by atoms with Crippen molar-refractivity contribution in [3.8, 4) is 0 Å². The summed E-state index contributed by atoms with van der Waals surface area (Å²) in [6, 6.07) is -0.284. The van der Waals surface area contributed by atoms with Crippen LogP contribution in [0, 0.1) is 23.7 Å². The lowest BCUT2D eigenvalue weighted by molar-refractivity contribution is -0.319. The van der Waals surface area contributed by atoms with Gasteiger partial charge in [0, 0.05) is 44.4 Å². The SMILES string of the molecule is CCC[C@H]1OC(=O)[C@H](C)[C@@H](O[C@H]2C[C@@](C)(OC)[C@@H](O)[C@H](C)O2)[C@H](C)[C@@H](O[C@H]2O[C@H](C)C[C@H](N(C)C)[C@H]2O)[C@](C)(OC)C[C@@H](C)C(=O)[C@H](C)[C@@H](O)[C@]1(C)O. The number of methoxy groups -OCH3 is 2. The fourth-order valence-electron chi connectivity index (χ4n) is 8.70. The van der Waals surface area contributed by atoms with E-state index in [0.29, 0.717) is 12.8 Å². The van der Waals surface area contributed by atoms with E-state index in [1.54, 1.807) is 41.5 Å². The largest absolute Gasteiger partial charge is 0.459 e. The number of Topliss-reactive ketones (excluding diaryl/α,β-unsaturated/α-hetero) is 1. The van der Waals surface area contributed by atoms with E-state index in [1.807, 2.05) is 39.8 Å². The lowest BCUT2D eigenvalue weighted by atomic mass is 9.73. The number of hydrogen-bond donors (Lipinski definition) is 4. The Morgan fingerprint density at radius 1 is 0.849 bits per heavy atom. The second-order valence-corrected chi connectivity index (χ2v) is 17.0. The molecule has 0 saturated carbocycles. The molecule has 3 aliphatic rings. The molecule has 3 aliphatic heterocycles. The van der Waals surface area contributed by atoms with Gasteiger partial charge in [0.2, 0.25) is 0 Å². The molecule has 0 radical (unpaired) electrons. The topological polar surface area (TPSA) is 183 Å². The third-order valence-electron chi connectivity index (χ3n) is 12.4. The van der Waals surface area contributed by atoms with Gasteiger partial charge >= 0.3 is 5.97 Å². The highest BCUT2D eigenvalue weighted by molar-refractivity contribution is 5.83. The van der Waals surface area contributed by atoms with Crippen LogP contribution in [0.1, 0.15) is 101 Å². The van der Waals surface area contributed by atoms with E-state index in [4.69, 9.17) is 33.2 Å². The summed E-state index contributed by atoms with van der Waals surface area (Å²) in [6.45, 7) is 17.3. The van der Waals surface area contributed by atoms with Crippen molar-refractivity contribution in [2.45, 2.75) is 186 Å². The molecule has 310 valence electrons. The number of aliphatic hydroxyl groups excluding tert-OH is 3. The summed E-state index contributed by atoms with van der Waals surface area (Å²) < 4.78 is 44.1. The molecule has 0 aliphatic carbocycles. The molecule has 3 fully saturated rings. The molecule has 53 heavy (non-hydrogen) atoms. The van der Waals surface area contributed by atoms with Gasteiger partial charge in [-0.1, -0.05) is 34.1 Å². The molecule has 14 nitrogen and oxygen atoms in total. The van der Waals surface area contributed by atoms with Crippen LogP contribution in [0.25, 0.3) is 0 Å². The molecule has 3 heterocycles. The number of hydrogen-bond acceptors (Lipinski definition) is 14. The van der Waals surface area contributed by atoms with Crippen LogP contribution in [0.15, 0.2) is 0 Å². The lowest BCUT2D eigenvalue weighted by Crippen LogP contribution is -2.61. The number of likely N-dealkylation sites (N-methyl/N-ethyl adjacent to an activating group) is 1. The van der Waals surface area contributed by atoms with Crippen molar-refractivity contribution >= 4 is 11.8 Å². The van der Waals surface area contributed by atoms with E-state index >= 15 is 0 Å². The highest BCUT2D eigenvalue weighted by Crippen LogP contribution is 2.42. The van der Waals surface area contributed by atoms with Gasteiger partial charge < -0.3 is 58.5 Å². The summed E-state index contributed by atoms with van der Waals surface area (Å²) >= 11 is 0. The van der Waals surface area contributed by atoms with Crippen LogP contribution in [0.5, 0.6) is 0 Å². The molecule has 0 aromatic carbocycles. The Balaban J connectivity index is 2.23. The summed E-state index contributed by atoms with van der Waals surface area (Å²) in [5.41, 5.74) is -4.25. The third kappa shape index (κ3) is 9.99. The van der Waals surface area contributed by atoms with E-state index in [2.05, 4.69) is 0 Å². The second kappa shape index (κ2) is 18.3. The zero-order valence-corrected chi connectivity index (χ0v) is 34.6. The standard InChI is InChI=1S/C39H71NO13/c1-15-16-27-39(10,46)32(43)22(4)29(41)20(2)18-38(9,48-14)34(53-36-30(42)26(40(11)12)17-21(3)49-36)23(5)31(24(6)35(45)51-27)52-28-19-37(8,47-13)33(44)25(7)50-28/h20-28,30-34,36,42-44,46H,15-19H2,1-14H3/t20-,21-,22+,23+,24-,25+,26+,27-,28+,30-,31+,32-,33+,34-,36-,37-,38-,39-/m1/s1. The van der Waals surface area contributed by atoms with Crippen molar-refractivity contribution in [3.05, 3.63) is 0 Å². The highest BCUT2D eigenvalue weighted by Gasteiger charge is 2.54. The van der Waals surface area contributed by atoms with Crippen molar-refractivity contribution in [2.75, 3.05) is 28.3 Å². The van der Waals surface area contributed by atoms with Crippen LogP contribution in [0.3, 0.4) is 0 Å². The summed E-state index contributed by atoms with van der Waals surface area (Å²) in [7, 11) is 6.78. The Kier molecular flexibility index (Phi) is 15.9. The molecular weight excluding hydrogens is 690 g/mol. The number of rotatable bonds is 9. The molecule has 3 saturated heterocycles. The monoisotopic (exact) mass is 761 g/mol. The maximum absolute atomic E-state index is 14.3. The number of esters is 1. The Bertz CT molecular complexity index is 1200. The van der Waals surface area contributed by atoms with Crippen molar-refractivity contribution in [2.24, 2.45) is 23.7 Å². The van der Waals surface area contributed by atoms with Crippen molar-refractivity contribution in [1.82, 2.24) is 4.90 Å². The van der Waals surface area contributed by atoms with Gasteiger partial charge in [-0.2, -0.15) is 0 Å². The van der Waals surface area contributed by atoms with Crippen LogP contribution in [0.2, 0.25) is 0 Å². The van der Waals surface area contributed by atoms with E-state index in [1.165, 1.54) is 21.1 Å². The minimum atomic E-state index is -1.96. The smallest absolute Gasteiger partial charge is 0.311 e. The zero-order valence-electron chi connectivity index (χ0n) is 34.6. The first-order valence-electron chi connectivity index (χ1n) is 19.4. The third-order valence-corrected chi connectivity index (χ3v) is 12.4. The van der Waals surface area contributed by atoms with Gasteiger partial charge in [0.15, 0.2) is 12.6 Å². The number of cyclic esters (lactones) is 1. The van der Waals surface area contributed by atoms with E-state index in [9.17, 15) is 30.0 Å². The fourth-order valence-corrected chi connectivity index (χ4v) is 8.70. The average Bonchev–Trinajstić information content (AvgIpc) is 3.10. The first-order chi connectivity index (χ1) is 24.5. The Morgan fingerprint density at radius 3 is 2.00 bits per heavy atom. The average molecular weight is 762 g/mol. The van der Waals surface area contributed by atoms with Gasteiger partial charge in [-0.05, 0) is 74.9 Å². The number of aliphatic hydroxyl groups is 4. The van der Waals surface area contributed by atoms with Crippen LogP contribution < -0.4 is 0 Å². The van der Waals surface area contributed by atoms with E-state index in [0.717, 1.165) is 0 Å². The normalized spacial score (nSPS) is 48.3. The van der Waals surface area contributed by atoms with Crippen molar-refractivity contribution < 1.29 is 63.2 Å². The van der Waals surface area contributed by atoms with E-state index < -0.39 is 102 Å². The summed E-state index contributed by atoms with van der Waals surface area (Å²) in [6.07, 6.45) is -8.12. The van der Waals surface area contributed by atoms with Crippen LogP contribution in [-0.4, -0.2) is 150 Å². The van der Waals surface area contributed by atoms with Gasteiger partial charge in [-0.3, -0.25) is 9.59 Å². The zero-order chi connectivity index (χ0) is 40.4. The Morgan fingerprint density at radius 2 is 1.45 bits per heavy atom. The number of nitrogens with zero attached hydrogens (tertiary/aromatic N) is 1. The molecule has 0 aromatic rings. The Labute approximate surface area is 317 Å². The minimum absolute atomic E-state index is 0.112. The van der Waals surface area contributed by atoms with Gasteiger partial charge in [-0.15, -0.1) is 0 Å². The van der Waals surface area contributed by atoms with Crippen molar-refractivity contribution in [1.29, 1.82) is 0 Å². The van der Waals surface area contributed by atoms with Gasteiger partial charge in [0.1, 0.15) is 29.7 Å². The first kappa shape index (κ1) is 46.1. The molecule has 18 atom stereocenters. The highest BCUT2D eigenvalue weighted by atomic mass is 16.7. The molecule has 0 spiro atoms. The number of ketones is 1. The first-order valence-corrected chi connectivity index (χ1v) is 19.4. The summed E-state index contributed by atoms with van der Waals surface area (Å²) in [5, 5.41) is 45.8. The molecular formula is C39H71NO13. The molecule has 14 heteroatoms. The summed E-state index contributed by atoms with van der Waals surface area (Å²) in [5.74, 6) is -4.45. The molecule has 0 aromatic heterocycles. The van der Waals surface area contributed by atoms with Crippen molar-refractivity contribution in [3.63, 3.8) is 0 Å². The Hall–Kier alpha value is -1.30. The summed E-state index contributed by atoms with van der Waals surface area (Å²) in [4.78, 5) is 30.3. The molecule has 0 unspecified atom stereocenters. The van der Waals surface area contributed by atoms with Gasteiger partial charge in [0.25, 0.3) is 0 Å². The predicted octanol–water partition coefficient (Wildman–Crippen LogP) is 2.83. The maximum atomic E-state index is 14.3. The quantitative estimate of drug-likeness (QED) is 0.252. The molecule has 3 rings (SSSR count). The van der Waals surface area contributed by atoms with Gasteiger partial charge in [-0.25, -0.2) is 0 Å².